The lowest BCUT2D eigenvalue weighted by atomic mass is 9.86. The summed E-state index contributed by atoms with van der Waals surface area (Å²) in [5.74, 6) is -0.186. The van der Waals surface area contributed by atoms with Gasteiger partial charge in [0.25, 0.3) is 0 Å². The maximum Gasteiger partial charge on any atom is 0.123 e. The summed E-state index contributed by atoms with van der Waals surface area (Å²) < 4.78 is 18.2. The van der Waals surface area contributed by atoms with E-state index >= 15 is 0 Å². The number of ether oxygens (including phenoxy) is 1. The molecule has 0 aromatic heterocycles. The van der Waals surface area contributed by atoms with Crippen molar-refractivity contribution in [2.45, 2.75) is 6.42 Å². The molecular formula is C14H20FNO2. The predicted octanol–water partition coefficient (Wildman–Crippen LogP) is 1.31. The minimum atomic E-state index is -0.186. The molecule has 1 aliphatic rings. The molecule has 4 heteroatoms. The molecule has 100 valence electrons. The average Bonchev–Trinajstić information content (AvgIpc) is 2.31. The molecule has 3 nitrogen and oxygen atoms in total. The molecule has 1 aromatic carbocycles. The summed E-state index contributed by atoms with van der Waals surface area (Å²) in [5.41, 5.74) is 0.918. The maximum atomic E-state index is 13.0. The summed E-state index contributed by atoms with van der Waals surface area (Å²) in [6.45, 7) is 3.10. The summed E-state index contributed by atoms with van der Waals surface area (Å²) in [6, 6.07) is 6.70. The molecule has 1 saturated heterocycles. The molecular weight excluding hydrogens is 233 g/mol. The van der Waals surface area contributed by atoms with E-state index < -0.39 is 0 Å². The lowest BCUT2D eigenvalue weighted by Gasteiger charge is -2.42. The Morgan fingerprint density at radius 1 is 1.44 bits per heavy atom. The third-order valence-corrected chi connectivity index (χ3v) is 3.43. The van der Waals surface area contributed by atoms with Gasteiger partial charge in [-0.1, -0.05) is 12.1 Å². The van der Waals surface area contributed by atoms with E-state index in [1.807, 2.05) is 13.1 Å². The molecule has 2 rings (SSSR count). The van der Waals surface area contributed by atoms with Crippen molar-refractivity contribution in [3.63, 3.8) is 0 Å². The summed E-state index contributed by atoms with van der Waals surface area (Å²) in [4.78, 5) is 2.17. The van der Waals surface area contributed by atoms with Crippen molar-refractivity contribution in [2.75, 3.05) is 40.0 Å². The molecule has 0 aliphatic carbocycles. The predicted molar refractivity (Wildman–Crippen MR) is 67.9 cm³/mol. The quantitative estimate of drug-likeness (QED) is 0.829. The Hall–Kier alpha value is -0.970. The first kappa shape index (κ1) is 13.5. The summed E-state index contributed by atoms with van der Waals surface area (Å²) >= 11 is 0. The van der Waals surface area contributed by atoms with Crippen LogP contribution in [0.25, 0.3) is 0 Å². The molecule has 1 heterocycles. The summed E-state index contributed by atoms with van der Waals surface area (Å²) in [6.07, 6.45) is 0.816. The zero-order chi connectivity index (χ0) is 13.0. The second-order valence-corrected chi connectivity index (χ2v) is 5.27. The Morgan fingerprint density at radius 2 is 2.22 bits per heavy atom. The number of rotatable bonds is 6. The van der Waals surface area contributed by atoms with Crippen LogP contribution < -0.4 is 0 Å². The van der Waals surface area contributed by atoms with E-state index in [0.29, 0.717) is 13.2 Å². The zero-order valence-electron chi connectivity index (χ0n) is 10.7. The molecule has 1 aromatic rings. The second-order valence-electron chi connectivity index (χ2n) is 5.27. The summed E-state index contributed by atoms with van der Waals surface area (Å²) in [7, 11) is 2.02. The van der Waals surface area contributed by atoms with Gasteiger partial charge < -0.3 is 14.7 Å². The Bertz CT molecular complexity index is 388. The van der Waals surface area contributed by atoms with Crippen molar-refractivity contribution in [2.24, 2.45) is 5.41 Å². The fourth-order valence-electron chi connectivity index (χ4n) is 2.29. The third kappa shape index (κ3) is 3.28. The van der Waals surface area contributed by atoms with Gasteiger partial charge in [-0.3, -0.25) is 0 Å². The molecule has 1 fully saturated rings. The minimum absolute atomic E-state index is 0.0866. The number of aliphatic hydroxyl groups excluding tert-OH is 1. The fourth-order valence-corrected chi connectivity index (χ4v) is 2.29. The van der Waals surface area contributed by atoms with Gasteiger partial charge in [-0.15, -0.1) is 0 Å². The van der Waals surface area contributed by atoms with E-state index in [4.69, 9.17) is 4.74 Å². The number of aliphatic hydroxyl groups is 1. The SMILES string of the molecule is CN(CCc1cccc(F)c1)CC1(CO)COC1. The van der Waals surface area contributed by atoms with Gasteiger partial charge in [-0.25, -0.2) is 4.39 Å². The monoisotopic (exact) mass is 253 g/mol. The van der Waals surface area contributed by atoms with Crippen LogP contribution in [-0.4, -0.2) is 50.0 Å². The van der Waals surface area contributed by atoms with Crippen LogP contribution in [0, 0.1) is 11.2 Å². The first-order chi connectivity index (χ1) is 8.63. The van der Waals surface area contributed by atoms with Crippen LogP contribution in [0.15, 0.2) is 24.3 Å². The fraction of sp³-hybridized carbons (Fsp3) is 0.571. The third-order valence-electron chi connectivity index (χ3n) is 3.43. The summed E-state index contributed by atoms with van der Waals surface area (Å²) in [5, 5.41) is 9.35. The van der Waals surface area contributed by atoms with Crippen molar-refractivity contribution in [3.05, 3.63) is 35.6 Å². The molecule has 0 unspecified atom stereocenters. The lowest BCUT2D eigenvalue weighted by Crippen LogP contribution is -2.52. The van der Waals surface area contributed by atoms with Crippen LogP contribution in [0.2, 0.25) is 0 Å². The number of likely N-dealkylation sites (N-methyl/N-ethyl adjacent to an activating group) is 1. The van der Waals surface area contributed by atoms with Gasteiger partial charge in [0.1, 0.15) is 5.82 Å². The van der Waals surface area contributed by atoms with E-state index in [0.717, 1.165) is 25.1 Å². The minimum Gasteiger partial charge on any atom is -0.396 e. The number of halogens is 1. The van der Waals surface area contributed by atoms with Gasteiger partial charge in [0, 0.05) is 13.1 Å². The molecule has 0 spiro atoms. The largest absolute Gasteiger partial charge is 0.396 e. The first-order valence-electron chi connectivity index (χ1n) is 6.25. The topological polar surface area (TPSA) is 32.7 Å². The molecule has 1 N–H and O–H groups in total. The molecule has 0 saturated carbocycles. The van der Waals surface area contributed by atoms with Crippen LogP contribution >= 0.6 is 0 Å². The van der Waals surface area contributed by atoms with Crippen molar-refractivity contribution in [3.8, 4) is 0 Å². The number of hydrogen-bond acceptors (Lipinski definition) is 3. The highest BCUT2D eigenvalue weighted by Crippen LogP contribution is 2.27. The number of nitrogens with zero attached hydrogens (tertiary/aromatic N) is 1. The van der Waals surface area contributed by atoms with Crippen molar-refractivity contribution in [1.29, 1.82) is 0 Å². The smallest absolute Gasteiger partial charge is 0.123 e. The van der Waals surface area contributed by atoms with Crippen molar-refractivity contribution < 1.29 is 14.2 Å². The van der Waals surface area contributed by atoms with Crippen molar-refractivity contribution >= 4 is 0 Å². The average molecular weight is 253 g/mol. The van der Waals surface area contributed by atoms with Gasteiger partial charge in [0.05, 0.1) is 25.2 Å². The van der Waals surface area contributed by atoms with E-state index in [1.165, 1.54) is 6.07 Å². The maximum absolute atomic E-state index is 13.0. The highest BCUT2D eigenvalue weighted by atomic mass is 19.1. The normalized spacial score (nSPS) is 17.8. The Balaban J connectivity index is 1.79. The Kier molecular flexibility index (Phi) is 4.32. The zero-order valence-corrected chi connectivity index (χ0v) is 10.7. The standard InChI is InChI=1S/C14H20FNO2/c1-16(8-14(9-17)10-18-11-14)6-5-12-3-2-4-13(15)7-12/h2-4,7,17H,5-6,8-11H2,1H3. The van der Waals surface area contributed by atoms with Crippen LogP contribution in [0.4, 0.5) is 4.39 Å². The lowest BCUT2D eigenvalue weighted by molar-refractivity contribution is -0.146. The van der Waals surface area contributed by atoms with Crippen LogP contribution in [0.5, 0.6) is 0 Å². The highest BCUT2D eigenvalue weighted by molar-refractivity contribution is 5.16. The molecule has 0 bridgehead atoms. The highest BCUT2D eigenvalue weighted by Gasteiger charge is 2.38. The van der Waals surface area contributed by atoms with Crippen molar-refractivity contribution in [1.82, 2.24) is 4.90 Å². The van der Waals surface area contributed by atoms with Crippen LogP contribution in [-0.2, 0) is 11.2 Å². The first-order valence-corrected chi connectivity index (χ1v) is 6.25. The van der Waals surface area contributed by atoms with E-state index in [1.54, 1.807) is 12.1 Å². The van der Waals surface area contributed by atoms with E-state index in [2.05, 4.69) is 4.90 Å². The molecule has 0 atom stereocenters. The molecule has 0 amide bonds. The van der Waals surface area contributed by atoms with Crippen LogP contribution in [0.1, 0.15) is 5.56 Å². The van der Waals surface area contributed by atoms with E-state index in [-0.39, 0.29) is 17.8 Å². The molecule has 1 aliphatic heterocycles. The number of hydrogen-bond donors (Lipinski definition) is 1. The van der Waals surface area contributed by atoms with Gasteiger partial charge in [0.15, 0.2) is 0 Å². The molecule has 18 heavy (non-hydrogen) atoms. The number of benzene rings is 1. The Labute approximate surface area is 107 Å². The van der Waals surface area contributed by atoms with Crippen LogP contribution in [0.3, 0.4) is 0 Å². The van der Waals surface area contributed by atoms with Gasteiger partial charge >= 0.3 is 0 Å². The van der Waals surface area contributed by atoms with Gasteiger partial charge in [-0.2, -0.15) is 0 Å². The van der Waals surface area contributed by atoms with Gasteiger partial charge in [-0.05, 0) is 31.2 Å². The molecule has 0 radical (unpaired) electrons. The van der Waals surface area contributed by atoms with E-state index in [9.17, 15) is 9.50 Å². The van der Waals surface area contributed by atoms with Gasteiger partial charge in [0.2, 0.25) is 0 Å². The second kappa shape index (κ2) is 5.78. The Morgan fingerprint density at radius 3 is 2.78 bits per heavy atom.